The maximum Gasteiger partial charge on any atom is 0.237 e. The van der Waals surface area contributed by atoms with E-state index in [2.05, 4.69) is 40.7 Å². The van der Waals surface area contributed by atoms with Crippen molar-refractivity contribution in [3.8, 4) is 0 Å². The normalized spacial score (nSPS) is 24.4. The van der Waals surface area contributed by atoms with Gasteiger partial charge < -0.3 is 15.4 Å². The minimum absolute atomic E-state index is 0. The smallest absolute Gasteiger partial charge is 0.237 e. The third-order valence-electron chi connectivity index (χ3n) is 5.05. The van der Waals surface area contributed by atoms with E-state index in [1.807, 2.05) is 6.07 Å². The number of nitrogens with one attached hydrogen (secondary N) is 2. The van der Waals surface area contributed by atoms with E-state index < -0.39 is 0 Å². The Kier molecular flexibility index (Phi) is 8.16. The number of halogens is 1. The zero-order valence-corrected chi connectivity index (χ0v) is 15.8. The first-order chi connectivity index (χ1) is 11.7. The predicted molar refractivity (Wildman–Crippen MR) is 102 cm³/mol. The molecule has 1 aromatic rings. The third-order valence-corrected chi connectivity index (χ3v) is 5.05. The van der Waals surface area contributed by atoms with E-state index in [-0.39, 0.29) is 24.4 Å². The number of hydrogen-bond donors (Lipinski definition) is 2. The van der Waals surface area contributed by atoms with Crippen molar-refractivity contribution in [2.45, 2.75) is 38.9 Å². The highest BCUT2D eigenvalue weighted by atomic mass is 35.5. The van der Waals surface area contributed by atoms with Gasteiger partial charge in [0.1, 0.15) is 0 Å². The Morgan fingerprint density at radius 2 is 2.00 bits per heavy atom. The van der Waals surface area contributed by atoms with Crippen molar-refractivity contribution in [2.24, 2.45) is 5.92 Å². The van der Waals surface area contributed by atoms with E-state index in [1.54, 1.807) is 0 Å². The van der Waals surface area contributed by atoms with Crippen LogP contribution in [0.1, 0.15) is 30.9 Å². The lowest BCUT2D eigenvalue weighted by Gasteiger charge is -2.28. The zero-order valence-electron chi connectivity index (χ0n) is 15.0. The highest BCUT2D eigenvalue weighted by Gasteiger charge is 2.24. The average molecular weight is 368 g/mol. The van der Waals surface area contributed by atoms with Gasteiger partial charge in [-0.1, -0.05) is 31.2 Å². The van der Waals surface area contributed by atoms with Crippen molar-refractivity contribution >= 4 is 18.3 Å². The molecular weight excluding hydrogens is 338 g/mol. The molecule has 1 aromatic carbocycles. The summed E-state index contributed by atoms with van der Waals surface area (Å²) in [7, 11) is 0. The van der Waals surface area contributed by atoms with Crippen molar-refractivity contribution < 1.29 is 9.53 Å². The fraction of sp³-hybridized carbons (Fsp3) is 0.632. The summed E-state index contributed by atoms with van der Waals surface area (Å²) in [4.78, 5) is 14.8. The number of morpholine rings is 1. The second kappa shape index (κ2) is 10.1. The number of nitrogens with zero attached hydrogens (tertiary/aromatic N) is 1. The molecule has 0 saturated carbocycles. The summed E-state index contributed by atoms with van der Waals surface area (Å²) in [6.07, 6.45) is 2.09. The van der Waals surface area contributed by atoms with Gasteiger partial charge in [-0.25, -0.2) is 0 Å². The van der Waals surface area contributed by atoms with E-state index in [1.165, 1.54) is 11.1 Å². The molecule has 3 rings (SSSR count). The van der Waals surface area contributed by atoms with Gasteiger partial charge >= 0.3 is 0 Å². The Bertz CT molecular complexity index is 549. The first kappa shape index (κ1) is 20.2. The Balaban J connectivity index is 0.00000225. The maximum absolute atomic E-state index is 12.4. The number of hydrogen-bond acceptors (Lipinski definition) is 4. The highest BCUT2D eigenvalue weighted by molar-refractivity contribution is 5.85. The van der Waals surface area contributed by atoms with E-state index in [0.29, 0.717) is 12.5 Å². The van der Waals surface area contributed by atoms with Gasteiger partial charge in [-0.2, -0.15) is 0 Å². The molecule has 2 atom stereocenters. The fourth-order valence-electron chi connectivity index (χ4n) is 3.50. The summed E-state index contributed by atoms with van der Waals surface area (Å²) in [5.41, 5.74) is 2.51. The molecule has 0 bridgehead atoms. The first-order valence-corrected chi connectivity index (χ1v) is 9.10. The SMILES string of the molecule is CC1CCNC(C(=O)NCc2ccccc2CN2CCOCC2)C1.Cl. The van der Waals surface area contributed by atoms with Crippen LogP contribution in [0.4, 0.5) is 0 Å². The van der Waals surface area contributed by atoms with Crippen LogP contribution in [0, 0.1) is 5.92 Å². The standard InChI is InChI=1S/C19H29N3O2.ClH/c1-15-6-7-20-18(12-15)19(23)21-13-16-4-2-3-5-17(16)14-22-8-10-24-11-9-22;/h2-5,15,18,20H,6-14H2,1H3,(H,21,23);1H. The molecule has 140 valence electrons. The van der Waals surface area contributed by atoms with Crippen LogP contribution >= 0.6 is 12.4 Å². The Morgan fingerprint density at radius 3 is 2.72 bits per heavy atom. The second-order valence-corrected chi connectivity index (χ2v) is 7.01. The molecule has 2 fully saturated rings. The topological polar surface area (TPSA) is 53.6 Å². The molecule has 1 amide bonds. The van der Waals surface area contributed by atoms with Crippen LogP contribution in [0.2, 0.25) is 0 Å². The van der Waals surface area contributed by atoms with E-state index in [9.17, 15) is 4.79 Å². The third kappa shape index (κ3) is 5.96. The molecular formula is C19H30ClN3O2. The van der Waals surface area contributed by atoms with Gasteiger partial charge in [0.05, 0.1) is 19.3 Å². The maximum atomic E-state index is 12.4. The molecule has 2 aliphatic rings. The first-order valence-electron chi connectivity index (χ1n) is 9.10. The van der Waals surface area contributed by atoms with Gasteiger partial charge in [0, 0.05) is 26.2 Å². The summed E-state index contributed by atoms with van der Waals surface area (Å²) in [6, 6.07) is 8.36. The summed E-state index contributed by atoms with van der Waals surface area (Å²) < 4.78 is 5.42. The second-order valence-electron chi connectivity index (χ2n) is 7.01. The largest absolute Gasteiger partial charge is 0.379 e. The van der Waals surface area contributed by atoms with Gasteiger partial charge in [0.25, 0.3) is 0 Å². The Labute approximate surface area is 156 Å². The monoisotopic (exact) mass is 367 g/mol. The predicted octanol–water partition coefficient (Wildman–Crippen LogP) is 1.94. The van der Waals surface area contributed by atoms with Crippen LogP contribution < -0.4 is 10.6 Å². The number of amides is 1. The molecule has 6 heteroatoms. The van der Waals surface area contributed by atoms with Crippen molar-refractivity contribution in [1.82, 2.24) is 15.5 Å². The number of piperidine rings is 1. The lowest BCUT2D eigenvalue weighted by Crippen LogP contribution is -2.48. The van der Waals surface area contributed by atoms with Gasteiger partial charge in [0.2, 0.25) is 5.91 Å². The molecule has 25 heavy (non-hydrogen) atoms. The molecule has 2 saturated heterocycles. The van der Waals surface area contributed by atoms with Crippen LogP contribution in [0.25, 0.3) is 0 Å². The molecule has 2 unspecified atom stereocenters. The van der Waals surface area contributed by atoms with Gasteiger partial charge in [-0.05, 0) is 36.4 Å². The molecule has 0 radical (unpaired) electrons. The molecule has 0 aliphatic carbocycles. The van der Waals surface area contributed by atoms with Crippen molar-refractivity contribution in [2.75, 3.05) is 32.8 Å². The Hall–Kier alpha value is -1.14. The average Bonchev–Trinajstić information content (AvgIpc) is 2.61. The van der Waals surface area contributed by atoms with Crippen LogP contribution in [0.3, 0.4) is 0 Å². The number of benzene rings is 1. The summed E-state index contributed by atoms with van der Waals surface area (Å²) in [5, 5.41) is 6.45. The van der Waals surface area contributed by atoms with Crippen LogP contribution in [-0.2, 0) is 22.6 Å². The number of ether oxygens (including phenoxy) is 1. The summed E-state index contributed by atoms with van der Waals surface area (Å²) >= 11 is 0. The molecule has 2 N–H and O–H groups in total. The quantitative estimate of drug-likeness (QED) is 0.835. The van der Waals surface area contributed by atoms with Gasteiger partial charge in [-0.15, -0.1) is 12.4 Å². The Morgan fingerprint density at radius 1 is 1.28 bits per heavy atom. The molecule has 0 aromatic heterocycles. The van der Waals surface area contributed by atoms with Crippen molar-refractivity contribution in [1.29, 1.82) is 0 Å². The van der Waals surface area contributed by atoms with Crippen LogP contribution in [0.5, 0.6) is 0 Å². The zero-order chi connectivity index (χ0) is 16.8. The highest BCUT2D eigenvalue weighted by Crippen LogP contribution is 2.16. The minimum Gasteiger partial charge on any atom is -0.379 e. The van der Waals surface area contributed by atoms with Crippen LogP contribution in [0.15, 0.2) is 24.3 Å². The molecule has 2 heterocycles. The van der Waals surface area contributed by atoms with Crippen molar-refractivity contribution in [3.05, 3.63) is 35.4 Å². The van der Waals surface area contributed by atoms with Crippen molar-refractivity contribution in [3.63, 3.8) is 0 Å². The summed E-state index contributed by atoms with van der Waals surface area (Å²) in [6.45, 7) is 8.26. The lowest BCUT2D eigenvalue weighted by atomic mass is 9.94. The number of rotatable bonds is 5. The molecule has 0 spiro atoms. The lowest BCUT2D eigenvalue weighted by molar-refractivity contribution is -0.124. The molecule has 5 nitrogen and oxygen atoms in total. The van der Waals surface area contributed by atoms with E-state index in [0.717, 1.165) is 52.2 Å². The molecule has 2 aliphatic heterocycles. The van der Waals surface area contributed by atoms with E-state index in [4.69, 9.17) is 4.74 Å². The fourth-order valence-corrected chi connectivity index (χ4v) is 3.50. The van der Waals surface area contributed by atoms with Gasteiger partial charge in [0.15, 0.2) is 0 Å². The van der Waals surface area contributed by atoms with E-state index >= 15 is 0 Å². The minimum atomic E-state index is -0.0415. The number of carbonyl (C=O) groups is 1. The van der Waals surface area contributed by atoms with Crippen LogP contribution in [-0.4, -0.2) is 49.7 Å². The number of carbonyl (C=O) groups excluding carboxylic acids is 1. The van der Waals surface area contributed by atoms with Gasteiger partial charge in [-0.3, -0.25) is 9.69 Å². The summed E-state index contributed by atoms with van der Waals surface area (Å²) in [5.74, 6) is 0.748.